The fourth-order valence-electron chi connectivity index (χ4n) is 2.17. The van der Waals surface area contributed by atoms with Crippen LogP contribution in [0.25, 0.3) is 10.8 Å². The third kappa shape index (κ3) is 2.72. The zero-order valence-corrected chi connectivity index (χ0v) is 11.9. The highest BCUT2D eigenvalue weighted by atomic mass is 16.5. The fraction of sp³-hybridized carbons (Fsp3) is 0.125. The molecule has 2 N–H and O–H groups in total. The molecule has 0 unspecified atom stereocenters. The maximum Gasteiger partial charge on any atom is 0.221 e. The third-order valence-corrected chi connectivity index (χ3v) is 3.24. The normalized spacial score (nSPS) is 11.3. The number of hydrogen-bond acceptors (Lipinski definition) is 4. The fourth-order valence-corrected chi connectivity index (χ4v) is 2.17. The molecule has 0 bridgehead atoms. The number of nitrogen functional groups attached to an aromatic ring is 1. The highest BCUT2D eigenvalue weighted by molar-refractivity contribution is 5.91. The average molecular weight is 280 g/mol. The number of hydrogen-bond donors (Lipinski definition) is 1. The van der Waals surface area contributed by atoms with Crippen LogP contribution in [0.1, 0.15) is 11.3 Å². The zero-order chi connectivity index (χ0) is 14.8. The summed E-state index contributed by atoms with van der Waals surface area (Å²) in [5.41, 5.74) is 7.59. The Hall–Kier alpha value is -2.82. The summed E-state index contributed by atoms with van der Waals surface area (Å²) in [4.78, 5) is 4.11. The van der Waals surface area contributed by atoms with Crippen LogP contribution in [0.4, 0.5) is 5.95 Å². The zero-order valence-electron chi connectivity index (χ0n) is 11.9. The first-order valence-electron chi connectivity index (χ1n) is 6.59. The summed E-state index contributed by atoms with van der Waals surface area (Å²) in [6.07, 6.45) is 3.55. The molecule has 3 rings (SSSR count). The first kappa shape index (κ1) is 13.2. The number of fused-ring (bicyclic) bond motifs is 1. The van der Waals surface area contributed by atoms with E-state index in [1.807, 2.05) is 37.3 Å². The molecule has 0 aliphatic carbocycles. The molecular weight excluding hydrogens is 264 g/mol. The van der Waals surface area contributed by atoms with Gasteiger partial charge < -0.3 is 10.5 Å². The lowest BCUT2D eigenvalue weighted by atomic mass is 10.1. The largest absolute Gasteiger partial charge is 0.497 e. The van der Waals surface area contributed by atoms with E-state index in [1.54, 1.807) is 24.2 Å². The molecule has 1 aromatic heterocycles. The molecule has 0 saturated heterocycles. The monoisotopic (exact) mass is 280 g/mol. The molecule has 0 atom stereocenters. The minimum absolute atomic E-state index is 0.384. The van der Waals surface area contributed by atoms with Gasteiger partial charge in [0.1, 0.15) is 5.75 Å². The van der Waals surface area contributed by atoms with E-state index in [9.17, 15) is 0 Å². The van der Waals surface area contributed by atoms with Crippen molar-refractivity contribution in [3.63, 3.8) is 0 Å². The predicted molar refractivity (Wildman–Crippen MR) is 84.9 cm³/mol. The second kappa shape index (κ2) is 5.28. The highest BCUT2D eigenvalue weighted by Gasteiger charge is 2.00. The van der Waals surface area contributed by atoms with Gasteiger partial charge in [-0.2, -0.15) is 5.10 Å². The van der Waals surface area contributed by atoms with Gasteiger partial charge >= 0.3 is 0 Å². The molecule has 5 heteroatoms. The predicted octanol–water partition coefficient (Wildman–Crippen LogP) is 2.82. The van der Waals surface area contributed by atoms with Gasteiger partial charge in [0.05, 0.1) is 25.2 Å². The first-order valence-corrected chi connectivity index (χ1v) is 6.59. The first-order chi connectivity index (χ1) is 10.2. The number of anilines is 1. The van der Waals surface area contributed by atoms with Gasteiger partial charge in [-0.3, -0.25) is 0 Å². The van der Waals surface area contributed by atoms with Crippen molar-refractivity contribution in [1.29, 1.82) is 0 Å². The molecule has 21 heavy (non-hydrogen) atoms. The molecule has 0 aliphatic heterocycles. The van der Waals surface area contributed by atoms with Gasteiger partial charge in [0.2, 0.25) is 5.95 Å². The molecule has 0 aliphatic rings. The Bertz CT molecular complexity index is 820. The van der Waals surface area contributed by atoms with Gasteiger partial charge in [-0.1, -0.05) is 18.2 Å². The van der Waals surface area contributed by atoms with Gasteiger partial charge in [0.15, 0.2) is 0 Å². The lowest BCUT2D eigenvalue weighted by Gasteiger charge is -2.03. The molecule has 0 radical (unpaired) electrons. The van der Waals surface area contributed by atoms with Crippen LogP contribution in [0.2, 0.25) is 0 Å². The van der Waals surface area contributed by atoms with Crippen LogP contribution in [0, 0.1) is 6.92 Å². The second-order valence-corrected chi connectivity index (χ2v) is 4.80. The van der Waals surface area contributed by atoms with E-state index in [-0.39, 0.29) is 0 Å². The highest BCUT2D eigenvalue weighted by Crippen LogP contribution is 2.21. The Morgan fingerprint density at radius 3 is 2.67 bits per heavy atom. The number of methoxy groups -OCH3 is 1. The maximum absolute atomic E-state index is 5.75. The summed E-state index contributed by atoms with van der Waals surface area (Å²) in [5.74, 6) is 1.24. The number of nitrogens with zero attached hydrogens (tertiary/aromatic N) is 3. The number of imidazole rings is 1. The van der Waals surface area contributed by atoms with Gasteiger partial charge in [-0.05, 0) is 41.5 Å². The molecule has 0 fully saturated rings. The Morgan fingerprint density at radius 1 is 1.19 bits per heavy atom. The summed E-state index contributed by atoms with van der Waals surface area (Å²) in [7, 11) is 1.67. The lowest BCUT2D eigenvalue weighted by Crippen LogP contribution is -1.96. The van der Waals surface area contributed by atoms with Crippen LogP contribution in [0.3, 0.4) is 0 Å². The van der Waals surface area contributed by atoms with Crippen LogP contribution < -0.4 is 10.5 Å². The van der Waals surface area contributed by atoms with Gasteiger partial charge in [0, 0.05) is 0 Å². The van der Waals surface area contributed by atoms with Crippen molar-refractivity contribution in [2.45, 2.75) is 6.92 Å². The van der Waals surface area contributed by atoms with Crippen LogP contribution in [0.5, 0.6) is 5.75 Å². The van der Waals surface area contributed by atoms with Crippen LogP contribution in [0.15, 0.2) is 47.7 Å². The lowest BCUT2D eigenvalue weighted by molar-refractivity contribution is 0.415. The summed E-state index contributed by atoms with van der Waals surface area (Å²) in [6.45, 7) is 1.88. The molecule has 0 saturated carbocycles. The van der Waals surface area contributed by atoms with Gasteiger partial charge in [-0.25, -0.2) is 9.66 Å². The van der Waals surface area contributed by atoms with Gasteiger partial charge in [0.25, 0.3) is 0 Å². The quantitative estimate of drug-likeness (QED) is 0.750. The van der Waals surface area contributed by atoms with Crippen LogP contribution >= 0.6 is 0 Å². The van der Waals surface area contributed by atoms with Crippen molar-refractivity contribution in [2.24, 2.45) is 5.10 Å². The third-order valence-electron chi connectivity index (χ3n) is 3.24. The maximum atomic E-state index is 5.75. The molecule has 2 aromatic carbocycles. The van der Waals surface area contributed by atoms with E-state index >= 15 is 0 Å². The van der Waals surface area contributed by atoms with Crippen molar-refractivity contribution in [3.8, 4) is 5.75 Å². The number of aromatic nitrogens is 2. The van der Waals surface area contributed by atoms with E-state index in [2.05, 4.69) is 16.2 Å². The summed E-state index contributed by atoms with van der Waals surface area (Å²) in [6, 6.07) is 12.1. The standard InChI is InChI=1S/C16H16N4O/c1-11-10-20(16(17)19-11)18-9-12-3-4-14-8-15(21-2)6-5-13(14)7-12/h3-10H,1-2H3,(H2,17,19). The summed E-state index contributed by atoms with van der Waals surface area (Å²) >= 11 is 0. The van der Waals surface area contributed by atoms with E-state index in [1.165, 1.54) is 0 Å². The number of benzene rings is 2. The van der Waals surface area contributed by atoms with Gasteiger partial charge in [-0.15, -0.1) is 0 Å². The van der Waals surface area contributed by atoms with Crippen molar-refractivity contribution in [2.75, 3.05) is 12.8 Å². The van der Waals surface area contributed by atoms with Crippen molar-refractivity contribution >= 4 is 22.9 Å². The number of ether oxygens (including phenoxy) is 1. The van der Waals surface area contributed by atoms with Crippen LogP contribution in [-0.2, 0) is 0 Å². The summed E-state index contributed by atoms with van der Waals surface area (Å²) < 4.78 is 6.79. The molecule has 3 aromatic rings. The van der Waals surface area contributed by atoms with E-state index in [0.29, 0.717) is 5.95 Å². The van der Waals surface area contributed by atoms with E-state index < -0.39 is 0 Å². The Balaban J connectivity index is 1.92. The molecule has 1 heterocycles. The smallest absolute Gasteiger partial charge is 0.221 e. The van der Waals surface area contributed by atoms with Crippen molar-refractivity contribution in [1.82, 2.24) is 9.66 Å². The summed E-state index contributed by atoms with van der Waals surface area (Å²) in [5, 5.41) is 6.58. The molecule has 0 amide bonds. The number of aryl methyl sites for hydroxylation is 1. The molecule has 5 nitrogen and oxygen atoms in total. The van der Waals surface area contributed by atoms with E-state index in [0.717, 1.165) is 27.8 Å². The van der Waals surface area contributed by atoms with Crippen LogP contribution in [-0.4, -0.2) is 23.0 Å². The number of rotatable bonds is 3. The van der Waals surface area contributed by atoms with E-state index in [4.69, 9.17) is 10.5 Å². The second-order valence-electron chi connectivity index (χ2n) is 4.80. The molecule has 0 spiro atoms. The minimum atomic E-state index is 0.384. The topological polar surface area (TPSA) is 65.4 Å². The molecule has 106 valence electrons. The van der Waals surface area contributed by atoms with Crippen molar-refractivity contribution in [3.05, 3.63) is 53.9 Å². The Labute approximate surface area is 122 Å². The minimum Gasteiger partial charge on any atom is -0.497 e. The Morgan fingerprint density at radius 2 is 1.95 bits per heavy atom. The van der Waals surface area contributed by atoms with Crippen molar-refractivity contribution < 1.29 is 4.74 Å². The Kier molecular flexibility index (Phi) is 3.31. The SMILES string of the molecule is COc1ccc2cc(C=Nn3cc(C)nc3N)ccc2c1. The molecular formula is C16H16N4O. The number of nitrogens with two attached hydrogens (primary N) is 1. The average Bonchev–Trinajstić information content (AvgIpc) is 2.82.